The Morgan fingerprint density at radius 3 is 2.33 bits per heavy atom. The molecule has 15 heavy (non-hydrogen) atoms. The van der Waals surface area contributed by atoms with Crippen molar-refractivity contribution in [3.8, 4) is 17.3 Å². The highest BCUT2D eigenvalue weighted by atomic mass is 16.3. The molecule has 0 aliphatic carbocycles. The first-order valence-corrected chi connectivity index (χ1v) is 4.39. The summed E-state index contributed by atoms with van der Waals surface area (Å²) in [5, 5.41) is 18.8. The molecule has 0 aliphatic heterocycles. The first-order chi connectivity index (χ1) is 7.20. The summed E-state index contributed by atoms with van der Waals surface area (Å²) in [7, 11) is 0. The van der Waals surface area contributed by atoms with E-state index in [1.807, 2.05) is 6.07 Å². The van der Waals surface area contributed by atoms with Crippen molar-refractivity contribution in [1.82, 2.24) is 4.57 Å². The van der Waals surface area contributed by atoms with Gasteiger partial charge in [-0.05, 0) is 12.1 Å². The number of pyridine rings is 1. The Hall–Kier alpha value is -2.23. The highest BCUT2D eigenvalue weighted by molar-refractivity contribution is 5.41. The molecule has 0 spiro atoms. The van der Waals surface area contributed by atoms with Crippen molar-refractivity contribution in [2.45, 2.75) is 0 Å². The van der Waals surface area contributed by atoms with E-state index in [1.165, 1.54) is 16.8 Å². The van der Waals surface area contributed by atoms with Crippen molar-refractivity contribution >= 4 is 0 Å². The molecule has 0 saturated heterocycles. The van der Waals surface area contributed by atoms with Crippen molar-refractivity contribution in [3.05, 3.63) is 52.8 Å². The van der Waals surface area contributed by atoms with Crippen LogP contribution in [0.15, 0.2) is 47.4 Å². The number of rotatable bonds is 1. The van der Waals surface area contributed by atoms with E-state index in [0.29, 0.717) is 5.69 Å². The first-order valence-electron chi connectivity index (χ1n) is 4.39. The van der Waals surface area contributed by atoms with Gasteiger partial charge in [-0.25, -0.2) is 0 Å². The molecule has 0 unspecified atom stereocenters. The second kappa shape index (κ2) is 3.49. The number of para-hydroxylation sites is 1. The van der Waals surface area contributed by atoms with Gasteiger partial charge in [-0.15, -0.1) is 0 Å². The molecule has 2 aromatic rings. The van der Waals surface area contributed by atoms with E-state index in [4.69, 9.17) is 0 Å². The standard InChI is InChI=1S/C11H9NO3/c13-9-6-7-12(11(15)10(9)14)8-4-2-1-3-5-8/h1-7,14-15H. The van der Waals surface area contributed by atoms with Crippen molar-refractivity contribution in [2.75, 3.05) is 0 Å². The Balaban J connectivity index is 2.65. The summed E-state index contributed by atoms with van der Waals surface area (Å²) in [5.74, 6) is -1.09. The minimum absolute atomic E-state index is 0.450. The van der Waals surface area contributed by atoms with Crippen LogP contribution < -0.4 is 5.43 Å². The molecule has 0 amide bonds. The van der Waals surface area contributed by atoms with Crippen LogP contribution in [0.4, 0.5) is 0 Å². The van der Waals surface area contributed by atoms with Gasteiger partial charge in [0.15, 0.2) is 0 Å². The zero-order chi connectivity index (χ0) is 10.8. The van der Waals surface area contributed by atoms with Crippen LogP contribution in [0.25, 0.3) is 5.69 Å². The van der Waals surface area contributed by atoms with Crippen molar-refractivity contribution in [1.29, 1.82) is 0 Å². The third-order valence-electron chi connectivity index (χ3n) is 2.08. The van der Waals surface area contributed by atoms with Gasteiger partial charge in [0.1, 0.15) is 0 Å². The molecule has 0 aliphatic rings. The van der Waals surface area contributed by atoms with Crippen LogP contribution in [0.3, 0.4) is 0 Å². The topological polar surface area (TPSA) is 62.5 Å². The Morgan fingerprint density at radius 1 is 1.00 bits per heavy atom. The highest BCUT2D eigenvalue weighted by Crippen LogP contribution is 2.22. The van der Waals surface area contributed by atoms with Crippen molar-refractivity contribution in [2.24, 2.45) is 0 Å². The van der Waals surface area contributed by atoms with Gasteiger partial charge < -0.3 is 10.2 Å². The quantitative estimate of drug-likeness (QED) is 0.733. The van der Waals surface area contributed by atoms with E-state index in [2.05, 4.69) is 0 Å². The zero-order valence-corrected chi connectivity index (χ0v) is 7.79. The predicted molar refractivity (Wildman–Crippen MR) is 55.4 cm³/mol. The molecule has 1 heterocycles. The molecule has 0 radical (unpaired) electrons. The zero-order valence-electron chi connectivity index (χ0n) is 7.79. The third-order valence-corrected chi connectivity index (χ3v) is 2.08. The van der Waals surface area contributed by atoms with Crippen LogP contribution in [0.1, 0.15) is 0 Å². The second-order valence-corrected chi connectivity index (χ2v) is 3.06. The third kappa shape index (κ3) is 1.57. The number of hydrogen-bond donors (Lipinski definition) is 2. The molecule has 0 fully saturated rings. The highest BCUT2D eigenvalue weighted by Gasteiger charge is 2.08. The lowest BCUT2D eigenvalue weighted by Crippen LogP contribution is -2.04. The van der Waals surface area contributed by atoms with Crippen LogP contribution in [-0.2, 0) is 0 Å². The summed E-state index contributed by atoms with van der Waals surface area (Å²) in [6.45, 7) is 0. The monoisotopic (exact) mass is 203 g/mol. The van der Waals surface area contributed by atoms with Crippen LogP contribution in [0.2, 0.25) is 0 Å². The Morgan fingerprint density at radius 2 is 1.67 bits per heavy atom. The number of aromatic nitrogens is 1. The minimum Gasteiger partial charge on any atom is -0.500 e. The van der Waals surface area contributed by atoms with E-state index < -0.39 is 17.1 Å². The molecule has 0 saturated carbocycles. The van der Waals surface area contributed by atoms with Gasteiger partial charge >= 0.3 is 0 Å². The van der Waals surface area contributed by atoms with Gasteiger partial charge in [-0.3, -0.25) is 9.36 Å². The molecule has 4 heteroatoms. The summed E-state index contributed by atoms with van der Waals surface area (Å²) in [6, 6.07) is 10.1. The summed E-state index contributed by atoms with van der Waals surface area (Å²) in [4.78, 5) is 11.0. The average molecular weight is 203 g/mol. The second-order valence-electron chi connectivity index (χ2n) is 3.06. The molecular formula is C11H9NO3. The fourth-order valence-electron chi connectivity index (χ4n) is 1.31. The van der Waals surface area contributed by atoms with Crippen LogP contribution in [0.5, 0.6) is 11.6 Å². The van der Waals surface area contributed by atoms with E-state index in [-0.39, 0.29) is 0 Å². The average Bonchev–Trinajstić information content (AvgIpc) is 2.27. The Bertz CT molecular complexity index is 531. The number of hydrogen-bond acceptors (Lipinski definition) is 3. The number of aromatic hydroxyl groups is 2. The lowest BCUT2D eigenvalue weighted by molar-refractivity contribution is 0.375. The maximum atomic E-state index is 11.0. The summed E-state index contributed by atoms with van der Waals surface area (Å²) < 4.78 is 1.33. The molecule has 1 aromatic carbocycles. The minimum atomic E-state index is -0.638. The largest absolute Gasteiger partial charge is 0.500 e. The molecular weight excluding hydrogens is 194 g/mol. The molecule has 0 bridgehead atoms. The summed E-state index contributed by atoms with van der Waals surface area (Å²) in [6.07, 6.45) is 1.41. The maximum absolute atomic E-state index is 11.0. The maximum Gasteiger partial charge on any atom is 0.243 e. The Labute approximate surface area is 85.7 Å². The van der Waals surface area contributed by atoms with Crippen molar-refractivity contribution in [3.63, 3.8) is 0 Å². The van der Waals surface area contributed by atoms with Gasteiger partial charge in [0.25, 0.3) is 0 Å². The smallest absolute Gasteiger partial charge is 0.243 e. The van der Waals surface area contributed by atoms with Gasteiger partial charge in [-0.1, -0.05) is 18.2 Å². The lowest BCUT2D eigenvalue weighted by atomic mass is 10.3. The van der Waals surface area contributed by atoms with Crippen molar-refractivity contribution < 1.29 is 10.2 Å². The summed E-state index contributed by atoms with van der Waals surface area (Å²) >= 11 is 0. The SMILES string of the molecule is O=c1ccn(-c2ccccc2)c(O)c1O. The van der Waals surface area contributed by atoms with Gasteiger partial charge in [0, 0.05) is 18.0 Å². The number of nitrogens with zero attached hydrogens (tertiary/aromatic N) is 1. The van der Waals surface area contributed by atoms with Crippen LogP contribution >= 0.6 is 0 Å². The van der Waals surface area contributed by atoms with Gasteiger partial charge in [0.2, 0.25) is 17.1 Å². The molecule has 1 aromatic heterocycles. The first kappa shape index (κ1) is 9.33. The van der Waals surface area contributed by atoms with E-state index in [9.17, 15) is 15.0 Å². The predicted octanol–water partition coefficient (Wildman–Crippen LogP) is 1.25. The van der Waals surface area contributed by atoms with E-state index in [1.54, 1.807) is 24.3 Å². The lowest BCUT2D eigenvalue weighted by Gasteiger charge is -2.08. The molecule has 2 N–H and O–H groups in total. The fraction of sp³-hybridized carbons (Fsp3) is 0. The fourth-order valence-corrected chi connectivity index (χ4v) is 1.31. The van der Waals surface area contributed by atoms with E-state index >= 15 is 0 Å². The Kier molecular flexibility index (Phi) is 2.17. The summed E-state index contributed by atoms with van der Waals surface area (Å²) in [5.41, 5.74) is 0.0741. The van der Waals surface area contributed by atoms with Gasteiger partial charge in [0.05, 0.1) is 0 Å². The van der Waals surface area contributed by atoms with E-state index in [0.717, 1.165) is 0 Å². The van der Waals surface area contributed by atoms with Crippen LogP contribution in [0, 0.1) is 0 Å². The molecule has 76 valence electrons. The normalized spacial score (nSPS) is 10.1. The van der Waals surface area contributed by atoms with Gasteiger partial charge in [-0.2, -0.15) is 0 Å². The molecule has 2 rings (SSSR count). The number of benzene rings is 1. The molecule has 4 nitrogen and oxygen atoms in total. The van der Waals surface area contributed by atoms with Crippen LogP contribution in [-0.4, -0.2) is 14.8 Å². The molecule has 0 atom stereocenters.